The van der Waals surface area contributed by atoms with Crippen molar-refractivity contribution in [2.45, 2.75) is 26.7 Å². The van der Waals surface area contributed by atoms with E-state index in [0.29, 0.717) is 25.7 Å². The van der Waals surface area contributed by atoms with Crippen LogP contribution in [-0.4, -0.2) is 23.2 Å². The smallest absolute Gasteiger partial charge is 0.214 e. The van der Waals surface area contributed by atoms with Crippen LogP contribution in [0, 0.1) is 5.41 Å². The zero-order valence-electron chi connectivity index (χ0n) is 14.5. The van der Waals surface area contributed by atoms with Crippen LogP contribution in [0.15, 0.2) is 48.8 Å². The van der Waals surface area contributed by atoms with Crippen molar-refractivity contribution in [1.82, 2.24) is 9.97 Å². The average molecular weight is 338 g/mol. The number of H-pyrrole nitrogens is 1. The predicted molar refractivity (Wildman–Crippen MR) is 95.3 cm³/mol. The van der Waals surface area contributed by atoms with E-state index in [9.17, 15) is 0 Å². The van der Waals surface area contributed by atoms with E-state index < -0.39 is 0 Å². The van der Waals surface area contributed by atoms with Crippen LogP contribution in [0.2, 0.25) is 0 Å². The van der Waals surface area contributed by atoms with Gasteiger partial charge in [-0.15, -0.1) is 0 Å². The molecule has 1 aliphatic rings. The summed E-state index contributed by atoms with van der Waals surface area (Å²) in [6.07, 6.45) is 3.36. The molecule has 1 aliphatic heterocycles. The van der Waals surface area contributed by atoms with Crippen molar-refractivity contribution < 1.29 is 14.2 Å². The maximum absolute atomic E-state index is 5.91. The van der Waals surface area contributed by atoms with E-state index in [4.69, 9.17) is 14.2 Å². The molecule has 2 aromatic heterocycles. The first-order chi connectivity index (χ1) is 12.1. The Balaban J connectivity index is 1.53. The molecule has 0 aliphatic carbocycles. The van der Waals surface area contributed by atoms with Crippen molar-refractivity contribution >= 4 is 10.9 Å². The van der Waals surface area contributed by atoms with Crippen LogP contribution in [0.4, 0.5) is 0 Å². The van der Waals surface area contributed by atoms with Gasteiger partial charge in [-0.25, -0.2) is 4.98 Å². The van der Waals surface area contributed by atoms with Crippen LogP contribution in [0.1, 0.15) is 31.3 Å². The number of nitrogens with one attached hydrogen (secondary N) is 1. The van der Waals surface area contributed by atoms with E-state index in [1.54, 1.807) is 6.20 Å². The van der Waals surface area contributed by atoms with Crippen molar-refractivity contribution in [3.8, 4) is 5.88 Å². The minimum Gasteiger partial charge on any atom is -0.473 e. The molecule has 0 bridgehead atoms. The molecule has 3 heterocycles. The van der Waals surface area contributed by atoms with Crippen molar-refractivity contribution in [3.05, 3.63) is 59.9 Å². The second kappa shape index (κ2) is 6.50. The second-order valence-corrected chi connectivity index (χ2v) is 7.20. The lowest BCUT2D eigenvalue weighted by atomic mass is 9.95. The fourth-order valence-electron chi connectivity index (χ4n) is 2.90. The molecule has 0 radical (unpaired) electrons. The molecule has 0 amide bonds. The van der Waals surface area contributed by atoms with Crippen LogP contribution in [0.25, 0.3) is 10.9 Å². The molecule has 0 saturated carbocycles. The molecule has 1 aromatic carbocycles. The van der Waals surface area contributed by atoms with Crippen LogP contribution < -0.4 is 4.74 Å². The SMILES string of the molecule is CC1(C)COC(c2c[nH]c3cnc(OCc4ccccc4)cc23)OC1. The number of aromatic amines is 1. The predicted octanol–water partition coefficient (Wildman–Crippen LogP) is 4.21. The zero-order chi connectivity index (χ0) is 17.3. The van der Waals surface area contributed by atoms with Gasteiger partial charge in [-0.3, -0.25) is 0 Å². The molecule has 1 saturated heterocycles. The van der Waals surface area contributed by atoms with Gasteiger partial charge in [0, 0.05) is 28.6 Å². The molecule has 5 nitrogen and oxygen atoms in total. The van der Waals surface area contributed by atoms with E-state index in [-0.39, 0.29) is 11.7 Å². The summed E-state index contributed by atoms with van der Waals surface area (Å²) in [4.78, 5) is 7.60. The molecular weight excluding hydrogens is 316 g/mol. The van der Waals surface area contributed by atoms with Gasteiger partial charge < -0.3 is 19.2 Å². The molecule has 5 heteroatoms. The van der Waals surface area contributed by atoms with Gasteiger partial charge in [0.15, 0.2) is 6.29 Å². The summed E-state index contributed by atoms with van der Waals surface area (Å²) in [5, 5.41) is 1.02. The summed E-state index contributed by atoms with van der Waals surface area (Å²) in [5.41, 5.74) is 3.09. The number of rotatable bonds is 4. The number of benzene rings is 1. The van der Waals surface area contributed by atoms with Crippen molar-refractivity contribution in [2.24, 2.45) is 5.41 Å². The molecule has 1 N–H and O–H groups in total. The Labute approximate surface area is 146 Å². The highest BCUT2D eigenvalue weighted by molar-refractivity contribution is 5.83. The van der Waals surface area contributed by atoms with Crippen LogP contribution in [0.3, 0.4) is 0 Å². The first-order valence-electron chi connectivity index (χ1n) is 8.48. The number of fused-ring (bicyclic) bond motifs is 1. The quantitative estimate of drug-likeness (QED) is 0.774. The van der Waals surface area contributed by atoms with Crippen LogP contribution in [0.5, 0.6) is 5.88 Å². The standard InChI is InChI=1S/C20H22N2O3/c1-20(2)12-24-19(25-13-20)16-9-21-17-10-22-18(8-15(16)17)23-11-14-6-4-3-5-7-14/h3-10,19,21H,11-13H2,1-2H3. The molecule has 25 heavy (non-hydrogen) atoms. The average Bonchev–Trinajstić information content (AvgIpc) is 3.04. The Morgan fingerprint density at radius 1 is 1.20 bits per heavy atom. The maximum atomic E-state index is 5.91. The lowest BCUT2D eigenvalue weighted by Crippen LogP contribution is -2.33. The van der Waals surface area contributed by atoms with E-state index in [1.807, 2.05) is 42.6 Å². The lowest BCUT2D eigenvalue weighted by Gasteiger charge is -2.34. The zero-order valence-corrected chi connectivity index (χ0v) is 14.5. The van der Waals surface area contributed by atoms with Gasteiger partial charge in [-0.2, -0.15) is 0 Å². The summed E-state index contributed by atoms with van der Waals surface area (Å²) >= 11 is 0. The molecule has 3 aromatic rings. The number of aromatic nitrogens is 2. The Bertz CT molecular complexity index is 848. The Hall–Kier alpha value is -2.37. The molecule has 4 rings (SSSR count). The topological polar surface area (TPSA) is 56.4 Å². The number of pyridine rings is 1. The molecule has 0 spiro atoms. The maximum Gasteiger partial charge on any atom is 0.214 e. The summed E-state index contributed by atoms with van der Waals surface area (Å²) in [5.74, 6) is 0.591. The van der Waals surface area contributed by atoms with Gasteiger partial charge in [-0.1, -0.05) is 44.2 Å². The lowest BCUT2D eigenvalue weighted by molar-refractivity contribution is -0.225. The van der Waals surface area contributed by atoms with Gasteiger partial charge in [0.25, 0.3) is 0 Å². The third kappa shape index (κ3) is 3.52. The van der Waals surface area contributed by atoms with Gasteiger partial charge in [0.05, 0.1) is 24.9 Å². The number of hydrogen-bond donors (Lipinski definition) is 1. The van der Waals surface area contributed by atoms with Gasteiger partial charge in [0.1, 0.15) is 6.61 Å². The van der Waals surface area contributed by atoms with Crippen LogP contribution in [-0.2, 0) is 16.1 Å². The first kappa shape index (κ1) is 16.1. The summed E-state index contributed by atoms with van der Waals surface area (Å²) in [6.45, 7) is 6.11. The number of ether oxygens (including phenoxy) is 3. The minimum atomic E-state index is -0.355. The van der Waals surface area contributed by atoms with Gasteiger partial charge in [0.2, 0.25) is 5.88 Å². The highest BCUT2D eigenvalue weighted by atomic mass is 16.7. The van der Waals surface area contributed by atoms with Crippen molar-refractivity contribution in [3.63, 3.8) is 0 Å². The Morgan fingerprint density at radius 2 is 1.96 bits per heavy atom. The highest BCUT2D eigenvalue weighted by Gasteiger charge is 2.30. The monoisotopic (exact) mass is 338 g/mol. The van der Waals surface area contributed by atoms with Gasteiger partial charge >= 0.3 is 0 Å². The number of nitrogens with zero attached hydrogens (tertiary/aromatic N) is 1. The summed E-state index contributed by atoms with van der Waals surface area (Å²) in [6, 6.07) is 12.0. The Morgan fingerprint density at radius 3 is 2.72 bits per heavy atom. The fourth-order valence-corrected chi connectivity index (χ4v) is 2.90. The Kier molecular flexibility index (Phi) is 4.19. The van der Waals surface area contributed by atoms with Crippen molar-refractivity contribution in [2.75, 3.05) is 13.2 Å². The van der Waals surface area contributed by atoms with Gasteiger partial charge in [-0.05, 0) is 5.56 Å². The summed E-state index contributed by atoms with van der Waals surface area (Å²) in [7, 11) is 0. The molecule has 0 unspecified atom stereocenters. The minimum absolute atomic E-state index is 0.0497. The molecule has 0 atom stereocenters. The van der Waals surface area contributed by atoms with E-state index in [1.165, 1.54) is 0 Å². The third-order valence-electron chi connectivity index (χ3n) is 4.31. The molecule has 130 valence electrons. The normalized spacial score (nSPS) is 17.7. The second-order valence-electron chi connectivity index (χ2n) is 7.20. The molecule has 1 fully saturated rings. The summed E-state index contributed by atoms with van der Waals surface area (Å²) < 4.78 is 17.7. The third-order valence-corrected chi connectivity index (χ3v) is 4.31. The van der Waals surface area contributed by atoms with Crippen LogP contribution >= 0.6 is 0 Å². The highest BCUT2D eigenvalue weighted by Crippen LogP contribution is 2.35. The first-order valence-corrected chi connectivity index (χ1v) is 8.48. The van der Waals surface area contributed by atoms with Crippen molar-refractivity contribution in [1.29, 1.82) is 0 Å². The number of hydrogen-bond acceptors (Lipinski definition) is 4. The van der Waals surface area contributed by atoms with E-state index >= 15 is 0 Å². The van der Waals surface area contributed by atoms with E-state index in [2.05, 4.69) is 23.8 Å². The van der Waals surface area contributed by atoms with E-state index in [0.717, 1.165) is 22.0 Å². The largest absolute Gasteiger partial charge is 0.473 e. The molecular formula is C20H22N2O3. The fraction of sp³-hybridized carbons (Fsp3) is 0.350.